The standard InChI is InChI=1S/C25H25Cl2N3O3/c1-4-33-22-12-10-16-7-5-6-8-18(16)19(22)14-28-30-25(32)23(15(2)3)29-24(31)17-9-11-20(26)21(27)13-17/h5-15,23H,4H2,1-3H3,(H,29,31)(H,30,32)/b28-14+. The van der Waals surface area contributed by atoms with E-state index < -0.39 is 17.9 Å². The van der Waals surface area contributed by atoms with Crippen LogP contribution in [0.5, 0.6) is 5.75 Å². The molecule has 0 saturated heterocycles. The number of rotatable bonds is 8. The molecule has 0 bridgehead atoms. The van der Waals surface area contributed by atoms with E-state index in [1.165, 1.54) is 12.1 Å². The van der Waals surface area contributed by atoms with Crippen LogP contribution < -0.4 is 15.5 Å². The van der Waals surface area contributed by atoms with Crippen LogP contribution in [-0.2, 0) is 4.79 Å². The van der Waals surface area contributed by atoms with Gasteiger partial charge in [0.25, 0.3) is 11.8 Å². The normalized spacial score (nSPS) is 12.2. The van der Waals surface area contributed by atoms with Crippen LogP contribution in [0.2, 0.25) is 10.0 Å². The maximum absolute atomic E-state index is 12.8. The van der Waals surface area contributed by atoms with Gasteiger partial charge in [-0.15, -0.1) is 0 Å². The van der Waals surface area contributed by atoms with Crippen LogP contribution in [0.1, 0.15) is 36.7 Å². The number of nitrogens with one attached hydrogen (secondary N) is 2. The summed E-state index contributed by atoms with van der Waals surface area (Å²) in [5.41, 5.74) is 3.61. The third kappa shape index (κ3) is 6.03. The second-order valence-electron chi connectivity index (χ2n) is 7.69. The molecule has 8 heteroatoms. The van der Waals surface area contributed by atoms with Gasteiger partial charge in [0, 0.05) is 11.1 Å². The van der Waals surface area contributed by atoms with Crippen LogP contribution in [0.3, 0.4) is 0 Å². The van der Waals surface area contributed by atoms with Crippen molar-refractivity contribution in [3.63, 3.8) is 0 Å². The fourth-order valence-corrected chi connectivity index (χ4v) is 3.62. The van der Waals surface area contributed by atoms with E-state index in [1.54, 1.807) is 12.3 Å². The van der Waals surface area contributed by atoms with E-state index in [4.69, 9.17) is 27.9 Å². The van der Waals surface area contributed by atoms with Crippen molar-refractivity contribution in [2.45, 2.75) is 26.8 Å². The van der Waals surface area contributed by atoms with E-state index in [-0.39, 0.29) is 10.9 Å². The van der Waals surface area contributed by atoms with Crippen molar-refractivity contribution >= 4 is 52.0 Å². The molecule has 2 N–H and O–H groups in total. The smallest absolute Gasteiger partial charge is 0.262 e. The Balaban J connectivity index is 1.77. The summed E-state index contributed by atoms with van der Waals surface area (Å²) in [6.45, 7) is 6.07. The molecular weight excluding hydrogens is 461 g/mol. The van der Waals surface area contributed by atoms with Crippen LogP contribution in [-0.4, -0.2) is 30.7 Å². The van der Waals surface area contributed by atoms with Crippen molar-refractivity contribution in [2.24, 2.45) is 11.0 Å². The van der Waals surface area contributed by atoms with Crippen LogP contribution in [0, 0.1) is 5.92 Å². The number of hydrogen-bond donors (Lipinski definition) is 2. The molecule has 3 aromatic rings. The minimum absolute atomic E-state index is 0.177. The number of carbonyl (C=O) groups is 2. The van der Waals surface area contributed by atoms with Gasteiger partial charge < -0.3 is 10.1 Å². The number of carbonyl (C=O) groups excluding carboxylic acids is 2. The lowest BCUT2D eigenvalue weighted by molar-refractivity contribution is -0.123. The molecule has 0 aliphatic rings. The number of hydrazone groups is 1. The number of amides is 2. The fraction of sp³-hybridized carbons (Fsp3) is 0.240. The Morgan fingerprint density at radius 3 is 2.52 bits per heavy atom. The van der Waals surface area contributed by atoms with Gasteiger partial charge in [0.05, 0.1) is 22.9 Å². The minimum Gasteiger partial charge on any atom is -0.493 e. The summed E-state index contributed by atoms with van der Waals surface area (Å²) < 4.78 is 5.73. The average Bonchev–Trinajstić information content (AvgIpc) is 2.80. The van der Waals surface area contributed by atoms with Gasteiger partial charge in [0.2, 0.25) is 0 Å². The van der Waals surface area contributed by atoms with Gasteiger partial charge >= 0.3 is 0 Å². The topological polar surface area (TPSA) is 79.8 Å². The van der Waals surface area contributed by atoms with E-state index in [2.05, 4.69) is 15.8 Å². The van der Waals surface area contributed by atoms with Crippen LogP contribution >= 0.6 is 23.2 Å². The number of benzene rings is 3. The quantitative estimate of drug-likeness (QED) is 0.328. The molecule has 0 heterocycles. The Hall–Kier alpha value is -3.09. The Labute approximate surface area is 202 Å². The summed E-state index contributed by atoms with van der Waals surface area (Å²) in [4.78, 5) is 25.5. The molecule has 0 aromatic heterocycles. The highest BCUT2D eigenvalue weighted by molar-refractivity contribution is 6.42. The molecule has 6 nitrogen and oxygen atoms in total. The summed E-state index contributed by atoms with van der Waals surface area (Å²) in [5, 5.41) is 9.48. The second-order valence-corrected chi connectivity index (χ2v) is 8.50. The highest BCUT2D eigenvalue weighted by atomic mass is 35.5. The molecule has 0 aliphatic heterocycles. The third-order valence-corrected chi connectivity index (χ3v) is 5.76. The zero-order chi connectivity index (χ0) is 24.0. The highest BCUT2D eigenvalue weighted by Gasteiger charge is 2.25. The van der Waals surface area contributed by atoms with Gasteiger partial charge in [0.15, 0.2) is 0 Å². The Morgan fingerprint density at radius 1 is 1.06 bits per heavy atom. The summed E-state index contributed by atoms with van der Waals surface area (Å²) in [5.74, 6) is -0.377. The summed E-state index contributed by atoms with van der Waals surface area (Å²) in [6, 6.07) is 15.4. The molecule has 3 rings (SSSR count). The average molecular weight is 486 g/mol. The zero-order valence-corrected chi connectivity index (χ0v) is 20.1. The molecule has 1 unspecified atom stereocenters. The van der Waals surface area contributed by atoms with E-state index in [1.807, 2.05) is 57.2 Å². The third-order valence-electron chi connectivity index (χ3n) is 5.02. The van der Waals surface area contributed by atoms with Crippen molar-refractivity contribution in [1.29, 1.82) is 0 Å². The minimum atomic E-state index is -0.803. The van der Waals surface area contributed by atoms with Gasteiger partial charge in [-0.2, -0.15) is 5.10 Å². The molecule has 33 heavy (non-hydrogen) atoms. The Kier molecular flexibility index (Phi) is 8.31. The first-order valence-corrected chi connectivity index (χ1v) is 11.3. The predicted octanol–water partition coefficient (Wildman–Crippen LogP) is 5.45. The molecule has 1 atom stereocenters. The first-order chi connectivity index (χ1) is 15.8. The van der Waals surface area contributed by atoms with Crippen LogP contribution in [0.15, 0.2) is 59.7 Å². The van der Waals surface area contributed by atoms with Gasteiger partial charge in [-0.25, -0.2) is 5.43 Å². The van der Waals surface area contributed by atoms with Gasteiger partial charge in [-0.3, -0.25) is 9.59 Å². The molecule has 0 spiro atoms. The van der Waals surface area contributed by atoms with E-state index in [0.717, 1.165) is 16.3 Å². The predicted molar refractivity (Wildman–Crippen MR) is 133 cm³/mol. The monoisotopic (exact) mass is 485 g/mol. The van der Waals surface area contributed by atoms with Gasteiger partial charge in [-0.1, -0.05) is 67.4 Å². The van der Waals surface area contributed by atoms with Crippen LogP contribution in [0.4, 0.5) is 0 Å². The molecule has 0 saturated carbocycles. The van der Waals surface area contributed by atoms with Crippen molar-refractivity contribution in [3.05, 3.63) is 75.8 Å². The number of nitrogens with zero attached hydrogens (tertiary/aromatic N) is 1. The highest BCUT2D eigenvalue weighted by Crippen LogP contribution is 2.27. The lowest BCUT2D eigenvalue weighted by Gasteiger charge is -2.20. The lowest BCUT2D eigenvalue weighted by atomic mass is 10.0. The van der Waals surface area contributed by atoms with E-state index in [9.17, 15) is 9.59 Å². The van der Waals surface area contributed by atoms with E-state index in [0.29, 0.717) is 22.9 Å². The molecule has 172 valence electrons. The number of hydrogen-bond acceptors (Lipinski definition) is 4. The van der Waals surface area contributed by atoms with Crippen molar-refractivity contribution in [2.75, 3.05) is 6.61 Å². The van der Waals surface area contributed by atoms with Crippen molar-refractivity contribution in [3.8, 4) is 5.75 Å². The maximum atomic E-state index is 12.8. The van der Waals surface area contributed by atoms with Crippen molar-refractivity contribution in [1.82, 2.24) is 10.7 Å². The SMILES string of the molecule is CCOc1ccc2ccccc2c1/C=N/NC(=O)C(NC(=O)c1ccc(Cl)c(Cl)c1)C(C)C. The summed E-state index contributed by atoms with van der Waals surface area (Å²) >= 11 is 11.9. The lowest BCUT2D eigenvalue weighted by Crippen LogP contribution is -2.48. The van der Waals surface area contributed by atoms with Crippen LogP contribution in [0.25, 0.3) is 10.8 Å². The molecule has 3 aromatic carbocycles. The second kappa shape index (κ2) is 11.2. The van der Waals surface area contributed by atoms with Crippen molar-refractivity contribution < 1.29 is 14.3 Å². The Morgan fingerprint density at radius 2 is 1.82 bits per heavy atom. The Bertz CT molecular complexity index is 1190. The molecule has 0 radical (unpaired) electrons. The largest absolute Gasteiger partial charge is 0.493 e. The molecule has 2 amide bonds. The number of ether oxygens (including phenoxy) is 1. The molecular formula is C25H25Cl2N3O3. The van der Waals surface area contributed by atoms with E-state index >= 15 is 0 Å². The summed E-state index contributed by atoms with van der Waals surface area (Å²) in [6.07, 6.45) is 1.56. The summed E-state index contributed by atoms with van der Waals surface area (Å²) in [7, 11) is 0. The first-order valence-electron chi connectivity index (χ1n) is 10.5. The molecule has 0 fully saturated rings. The zero-order valence-electron chi connectivity index (χ0n) is 18.6. The first kappa shape index (κ1) is 24.6. The maximum Gasteiger partial charge on any atom is 0.262 e. The van der Waals surface area contributed by atoms with Gasteiger partial charge in [0.1, 0.15) is 11.8 Å². The van der Waals surface area contributed by atoms with Gasteiger partial charge in [-0.05, 0) is 47.9 Å². The number of fused-ring (bicyclic) bond motifs is 1. The fourth-order valence-electron chi connectivity index (χ4n) is 3.32. The number of halogens is 2. The molecule has 0 aliphatic carbocycles.